The summed E-state index contributed by atoms with van der Waals surface area (Å²) >= 11 is 0. The lowest BCUT2D eigenvalue weighted by Gasteiger charge is -2.27. The van der Waals surface area contributed by atoms with Gasteiger partial charge >= 0.3 is 0 Å². The van der Waals surface area contributed by atoms with Gasteiger partial charge in [0.25, 0.3) is 0 Å². The van der Waals surface area contributed by atoms with Crippen LogP contribution in [0.4, 0.5) is 0 Å². The maximum absolute atomic E-state index is 12.8. The maximum atomic E-state index is 12.8. The number of carbonyl (C=O) groups excluding carboxylic acids is 2. The van der Waals surface area contributed by atoms with Gasteiger partial charge in [-0.2, -0.15) is 0 Å². The van der Waals surface area contributed by atoms with E-state index >= 15 is 0 Å². The van der Waals surface area contributed by atoms with Gasteiger partial charge in [-0.05, 0) is 12.8 Å². The minimum absolute atomic E-state index is 0.109. The van der Waals surface area contributed by atoms with Crippen molar-refractivity contribution in [3.05, 3.63) is 0 Å². The molecule has 0 aromatic rings. The number of amides is 2. The van der Waals surface area contributed by atoms with Crippen LogP contribution in [0.5, 0.6) is 0 Å². The molecule has 2 atom stereocenters. The van der Waals surface area contributed by atoms with Crippen molar-refractivity contribution in [2.24, 2.45) is 0 Å². The fourth-order valence-electron chi connectivity index (χ4n) is 4.33. The smallest absolute Gasteiger partial charge is 0.248 e. The van der Waals surface area contributed by atoms with E-state index in [-0.39, 0.29) is 25.0 Å². The van der Waals surface area contributed by atoms with Crippen molar-refractivity contribution in [3.8, 4) is 0 Å². The molecule has 0 saturated carbocycles. The van der Waals surface area contributed by atoms with Gasteiger partial charge in [0.05, 0.1) is 39.6 Å². The number of hydrogen-bond acceptors (Lipinski definition) is 9. The van der Waals surface area contributed by atoms with Crippen LogP contribution >= 0.6 is 0 Å². The first-order chi connectivity index (χ1) is 17.2. The molecule has 4 rings (SSSR count). The van der Waals surface area contributed by atoms with Crippen molar-refractivity contribution < 1.29 is 33.3 Å². The average molecular weight is 501 g/mol. The number of nitrogens with zero attached hydrogens (tertiary/aromatic N) is 4. The van der Waals surface area contributed by atoms with Gasteiger partial charge in [0.15, 0.2) is 0 Å². The Morgan fingerprint density at radius 3 is 1.23 bits per heavy atom. The first-order valence-corrected chi connectivity index (χ1v) is 13.1. The van der Waals surface area contributed by atoms with E-state index in [2.05, 4.69) is 9.80 Å². The Bertz CT molecular complexity index is 578. The Morgan fingerprint density at radius 2 is 0.771 bits per heavy atom. The highest BCUT2D eigenvalue weighted by Gasteiger charge is 2.19. The van der Waals surface area contributed by atoms with Gasteiger partial charge in [-0.3, -0.25) is 19.4 Å². The Labute approximate surface area is 209 Å². The van der Waals surface area contributed by atoms with Gasteiger partial charge in [-0.25, -0.2) is 0 Å². The maximum Gasteiger partial charge on any atom is 0.248 e. The second-order valence-electron chi connectivity index (χ2n) is 9.09. The number of carbonyl (C=O) groups is 2. The summed E-state index contributed by atoms with van der Waals surface area (Å²) in [6.45, 7) is 11.6. The van der Waals surface area contributed by atoms with E-state index in [1.54, 1.807) is 9.80 Å². The van der Waals surface area contributed by atoms with Gasteiger partial charge in [-0.1, -0.05) is 0 Å². The molecule has 4 fully saturated rings. The van der Waals surface area contributed by atoms with E-state index in [1.807, 2.05) is 0 Å². The minimum Gasteiger partial charge on any atom is -0.380 e. The molecule has 0 aliphatic carbocycles. The zero-order valence-corrected chi connectivity index (χ0v) is 21.2. The van der Waals surface area contributed by atoms with Crippen LogP contribution in [-0.2, 0) is 33.3 Å². The van der Waals surface area contributed by atoms with E-state index in [9.17, 15) is 9.59 Å². The normalized spacial score (nSPS) is 28.9. The predicted octanol–water partition coefficient (Wildman–Crippen LogP) is -0.848. The first kappa shape index (κ1) is 28.2. The van der Waals surface area contributed by atoms with Crippen LogP contribution in [0.25, 0.3) is 0 Å². The van der Waals surface area contributed by atoms with Crippen molar-refractivity contribution in [1.29, 1.82) is 0 Å². The lowest BCUT2D eigenvalue weighted by molar-refractivity contribution is -0.143. The fourth-order valence-corrected chi connectivity index (χ4v) is 4.33. The third-order valence-corrected chi connectivity index (χ3v) is 6.54. The fraction of sp³-hybridized carbons (Fsp3) is 0.917. The molecule has 11 heteroatoms. The Kier molecular flexibility index (Phi) is 13.9. The zero-order valence-electron chi connectivity index (χ0n) is 21.2. The van der Waals surface area contributed by atoms with Gasteiger partial charge in [0.1, 0.15) is 13.2 Å². The third-order valence-electron chi connectivity index (χ3n) is 6.54. The highest BCUT2D eigenvalue weighted by molar-refractivity contribution is 5.79. The molecular formula is C24H44N4O7. The molecule has 4 aliphatic rings. The summed E-state index contributed by atoms with van der Waals surface area (Å²) in [5.74, 6) is -0.260. The number of hydrogen-bond donors (Lipinski definition) is 0. The second kappa shape index (κ2) is 17.2. The van der Waals surface area contributed by atoms with Crippen molar-refractivity contribution >= 4 is 11.8 Å². The van der Waals surface area contributed by atoms with Crippen LogP contribution < -0.4 is 0 Å². The highest BCUT2D eigenvalue weighted by Crippen LogP contribution is 2.03. The summed E-state index contributed by atoms with van der Waals surface area (Å²) in [6, 6.07) is 0. The molecule has 4 bridgehead atoms. The molecule has 2 unspecified atom stereocenters. The summed E-state index contributed by atoms with van der Waals surface area (Å²) in [6.07, 6.45) is 1.52. The number of fused-ring (bicyclic) bond motifs is 23. The molecule has 0 radical (unpaired) electrons. The predicted molar refractivity (Wildman–Crippen MR) is 129 cm³/mol. The lowest BCUT2D eigenvalue weighted by atomic mass is 10.3. The van der Waals surface area contributed by atoms with Gasteiger partial charge in [-0.15, -0.1) is 0 Å². The molecule has 0 aromatic carbocycles. The first-order valence-electron chi connectivity index (χ1n) is 13.1. The van der Waals surface area contributed by atoms with E-state index in [0.717, 1.165) is 52.1 Å². The minimum atomic E-state index is -0.151. The molecular weight excluding hydrogens is 456 g/mol. The van der Waals surface area contributed by atoms with E-state index in [4.69, 9.17) is 23.7 Å². The second-order valence-corrected chi connectivity index (χ2v) is 9.09. The van der Waals surface area contributed by atoms with Crippen molar-refractivity contribution in [2.45, 2.75) is 12.8 Å². The standard InChI is InChI=1S/C24H44N4O7/c29-23-21-35-22-24(30)28-11-19-33-17-9-25-5-6-26(10-18-34-20-12-28)8-16-32-14-2-4-27(23)3-1-13-31-15-7-25/h1-22H2. The van der Waals surface area contributed by atoms with Gasteiger partial charge < -0.3 is 33.5 Å². The average Bonchev–Trinajstić information content (AvgIpc) is 2.85. The molecule has 202 valence electrons. The van der Waals surface area contributed by atoms with Crippen molar-refractivity contribution in [1.82, 2.24) is 19.6 Å². The Balaban J connectivity index is 1.77. The van der Waals surface area contributed by atoms with Crippen molar-refractivity contribution in [2.75, 3.05) is 132 Å². The van der Waals surface area contributed by atoms with Crippen LogP contribution in [0.15, 0.2) is 0 Å². The summed E-state index contributed by atoms with van der Waals surface area (Å²) in [5.41, 5.74) is 0. The molecule has 2 amide bonds. The summed E-state index contributed by atoms with van der Waals surface area (Å²) < 4.78 is 29.1. The summed E-state index contributed by atoms with van der Waals surface area (Å²) in [7, 11) is 0. The van der Waals surface area contributed by atoms with Gasteiger partial charge in [0, 0.05) is 78.7 Å². The third kappa shape index (κ3) is 11.5. The van der Waals surface area contributed by atoms with Crippen LogP contribution in [0.1, 0.15) is 12.8 Å². The molecule has 0 N–H and O–H groups in total. The Hall–Kier alpha value is -1.34. The van der Waals surface area contributed by atoms with Crippen LogP contribution in [0, 0.1) is 0 Å². The van der Waals surface area contributed by atoms with E-state index in [1.165, 1.54) is 0 Å². The summed E-state index contributed by atoms with van der Waals surface area (Å²) in [4.78, 5) is 33.9. The largest absolute Gasteiger partial charge is 0.380 e. The molecule has 35 heavy (non-hydrogen) atoms. The van der Waals surface area contributed by atoms with Crippen molar-refractivity contribution in [3.63, 3.8) is 0 Å². The Morgan fingerprint density at radius 1 is 0.400 bits per heavy atom. The topological polar surface area (TPSA) is 93.2 Å². The van der Waals surface area contributed by atoms with E-state index in [0.29, 0.717) is 79.0 Å². The van der Waals surface area contributed by atoms with Gasteiger partial charge in [0.2, 0.25) is 11.8 Å². The monoisotopic (exact) mass is 500 g/mol. The van der Waals surface area contributed by atoms with Crippen LogP contribution in [0.3, 0.4) is 0 Å². The van der Waals surface area contributed by atoms with Crippen LogP contribution in [0.2, 0.25) is 0 Å². The lowest BCUT2D eigenvalue weighted by Crippen LogP contribution is -2.41. The number of ether oxygens (including phenoxy) is 5. The van der Waals surface area contributed by atoms with E-state index < -0.39 is 0 Å². The number of rotatable bonds is 0. The summed E-state index contributed by atoms with van der Waals surface area (Å²) in [5, 5.41) is 0. The molecule has 4 saturated heterocycles. The zero-order chi connectivity index (χ0) is 24.6. The highest BCUT2D eigenvalue weighted by atomic mass is 16.5. The molecule has 4 heterocycles. The quantitative estimate of drug-likeness (QED) is 0.422. The molecule has 0 spiro atoms. The molecule has 0 aromatic heterocycles. The molecule has 11 nitrogen and oxygen atoms in total. The SMILES string of the molecule is O=C1COCC(=O)N2CCOCCN3CCOCCCN1CCCOCCN(CCOCC2)CC3. The molecule has 4 aliphatic heterocycles. The van der Waals surface area contributed by atoms with Crippen LogP contribution in [-0.4, -0.2) is 163 Å².